The van der Waals surface area contributed by atoms with Crippen LogP contribution in [-0.2, 0) is 4.74 Å². The monoisotopic (exact) mass is 425 g/mol. The van der Waals surface area contributed by atoms with Crippen LogP contribution in [0, 0.1) is 49.6 Å². The van der Waals surface area contributed by atoms with E-state index < -0.39 is 0 Å². The van der Waals surface area contributed by atoms with Crippen LogP contribution < -0.4 is 5.73 Å². The van der Waals surface area contributed by atoms with E-state index in [0.717, 1.165) is 25.4 Å². The standard InChI is InChI=1S/C10H18FNO.U/c1-2-13-9-4-3-5-10(6-9,7-11)8-12;/h1-8,12H2;/q-2;+2. The zero-order valence-corrected chi connectivity index (χ0v) is 12.7. The maximum absolute atomic E-state index is 12.8. The second-order valence-electron chi connectivity index (χ2n) is 3.76. The average Bonchev–Trinajstić information content (AvgIpc) is 2.19. The Balaban J connectivity index is 0.00000169. The third-order valence-electron chi connectivity index (χ3n) is 2.76. The van der Waals surface area contributed by atoms with E-state index in [1.165, 1.54) is 0 Å². The van der Waals surface area contributed by atoms with Gasteiger partial charge in [0.25, 0.3) is 0 Å². The number of nitrogens with two attached hydrogens (primary N) is 1. The first-order valence-corrected chi connectivity index (χ1v) is 4.79. The van der Waals surface area contributed by atoms with E-state index >= 15 is 0 Å². The fourth-order valence-electron chi connectivity index (χ4n) is 1.87. The van der Waals surface area contributed by atoms with Gasteiger partial charge in [-0.25, -0.2) is 0 Å². The normalized spacial score (nSPS) is 28.5. The molecule has 2 N–H and O–H groups in total. The van der Waals surface area contributed by atoms with Crippen molar-refractivity contribution in [3.8, 4) is 0 Å². The van der Waals surface area contributed by atoms with E-state index in [-0.39, 0.29) is 43.2 Å². The summed E-state index contributed by atoms with van der Waals surface area (Å²) >= 11 is 0. The Kier molecular flexibility index (Phi) is 7.69. The molecule has 0 radical (unpaired) electrons. The molecule has 1 fully saturated rings. The average molecular weight is 425 g/mol. The minimum Gasteiger partial charge on any atom is -0.575 e. The van der Waals surface area contributed by atoms with Gasteiger partial charge in [0.05, 0.1) is 6.67 Å². The first kappa shape index (κ1) is 14.9. The molecule has 1 aliphatic rings. The summed E-state index contributed by atoms with van der Waals surface area (Å²) < 4.78 is 18.1. The molecule has 0 bridgehead atoms. The maximum Gasteiger partial charge on any atom is 2.00 e. The quantitative estimate of drug-likeness (QED) is 0.699. The zero-order chi connectivity index (χ0) is 9.73. The van der Waals surface area contributed by atoms with E-state index in [0.29, 0.717) is 19.6 Å². The first-order valence-electron chi connectivity index (χ1n) is 4.79. The second-order valence-corrected chi connectivity index (χ2v) is 3.76. The maximum atomic E-state index is 12.8. The van der Waals surface area contributed by atoms with Crippen LogP contribution in [0.15, 0.2) is 0 Å². The summed E-state index contributed by atoms with van der Waals surface area (Å²) in [4.78, 5) is 0. The summed E-state index contributed by atoms with van der Waals surface area (Å²) in [5, 5.41) is 0. The van der Waals surface area contributed by atoms with Crippen molar-refractivity contribution in [3.05, 3.63) is 13.0 Å². The fraction of sp³-hybridized carbons (Fsp3) is 0.800. The Morgan fingerprint density at radius 2 is 2.29 bits per heavy atom. The SMILES string of the molecule is [CH2-]CO[C-]1CCCC(CN)(CF)C1.[U+2]. The molecule has 1 atom stereocenters. The van der Waals surface area contributed by atoms with E-state index in [9.17, 15) is 4.39 Å². The molecule has 0 aliphatic heterocycles. The van der Waals surface area contributed by atoms with Crippen molar-refractivity contribution < 1.29 is 40.2 Å². The second kappa shape index (κ2) is 7.22. The topological polar surface area (TPSA) is 35.2 Å². The van der Waals surface area contributed by atoms with E-state index in [2.05, 4.69) is 6.92 Å². The number of hydrogen-bond donors (Lipinski definition) is 1. The molecule has 0 heterocycles. The summed E-state index contributed by atoms with van der Waals surface area (Å²) in [7, 11) is 0. The molecular weight excluding hydrogens is 407 g/mol. The number of ether oxygens (including phenoxy) is 1. The van der Waals surface area contributed by atoms with Gasteiger partial charge >= 0.3 is 31.1 Å². The molecule has 80 valence electrons. The van der Waals surface area contributed by atoms with Crippen molar-refractivity contribution in [3.63, 3.8) is 0 Å². The summed E-state index contributed by atoms with van der Waals surface area (Å²) in [6.07, 6.45) is 4.46. The Hall–Kier alpha value is 0.902. The van der Waals surface area contributed by atoms with Crippen molar-refractivity contribution in [1.82, 2.24) is 0 Å². The van der Waals surface area contributed by atoms with Gasteiger partial charge in [-0.15, -0.1) is 13.0 Å². The molecule has 14 heavy (non-hydrogen) atoms. The molecule has 0 amide bonds. The van der Waals surface area contributed by atoms with Crippen molar-refractivity contribution in [2.45, 2.75) is 25.7 Å². The van der Waals surface area contributed by atoms with Crippen LogP contribution in [0.3, 0.4) is 0 Å². The Bertz CT molecular complexity index is 151. The van der Waals surface area contributed by atoms with Crippen molar-refractivity contribution >= 4 is 0 Å². The van der Waals surface area contributed by atoms with E-state index in [4.69, 9.17) is 10.5 Å². The van der Waals surface area contributed by atoms with Crippen LogP contribution in [0.4, 0.5) is 4.39 Å². The summed E-state index contributed by atoms with van der Waals surface area (Å²) in [6.45, 7) is 4.11. The minimum atomic E-state index is -0.344. The van der Waals surface area contributed by atoms with Crippen LogP contribution in [0.2, 0.25) is 0 Å². The van der Waals surface area contributed by atoms with Crippen molar-refractivity contribution in [2.24, 2.45) is 11.1 Å². The Morgan fingerprint density at radius 1 is 1.57 bits per heavy atom. The number of alkyl halides is 1. The van der Waals surface area contributed by atoms with Gasteiger partial charge in [-0.05, 0) is 18.4 Å². The molecule has 0 saturated heterocycles. The van der Waals surface area contributed by atoms with Gasteiger partial charge in [0.2, 0.25) is 0 Å². The van der Waals surface area contributed by atoms with Gasteiger partial charge in [0.1, 0.15) is 0 Å². The van der Waals surface area contributed by atoms with Gasteiger partial charge < -0.3 is 17.4 Å². The molecule has 0 aromatic heterocycles. The van der Waals surface area contributed by atoms with Gasteiger partial charge in [-0.1, -0.05) is 6.42 Å². The predicted octanol–water partition coefficient (Wildman–Crippen LogP) is 1.86. The largest absolute Gasteiger partial charge is 2.00 e. The Labute approximate surface area is 110 Å². The van der Waals surface area contributed by atoms with Gasteiger partial charge in [-0.2, -0.15) is 12.5 Å². The van der Waals surface area contributed by atoms with Crippen LogP contribution >= 0.6 is 0 Å². The fourth-order valence-corrected chi connectivity index (χ4v) is 1.87. The predicted molar refractivity (Wildman–Crippen MR) is 50.5 cm³/mol. The van der Waals surface area contributed by atoms with Crippen LogP contribution in [0.1, 0.15) is 25.7 Å². The molecule has 1 aliphatic carbocycles. The Morgan fingerprint density at radius 3 is 2.79 bits per heavy atom. The molecule has 0 spiro atoms. The van der Waals surface area contributed by atoms with Crippen molar-refractivity contribution in [2.75, 3.05) is 19.8 Å². The smallest absolute Gasteiger partial charge is 0.575 e. The molecule has 0 aromatic rings. The van der Waals surface area contributed by atoms with Crippen LogP contribution in [-0.4, -0.2) is 19.8 Å². The summed E-state index contributed by atoms with van der Waals surface area (Å²) in [5.74, 6) is 0. The molecule has 1 unspecified atom stereocenters. The molecular formula is C10H18FNOU. The van der Waals surface area contributed by atoms with E-state index in [1.54, 1.807) is 0 Å². The third-order valence-corrected chi connectivity index (χ3v) is 2.76. The molecule has 0 aromatic carbocycles. The molecule has 1 saturated carbocycles. The zero-order valence-electron chi connectivity index (χ0n) is 8.52. The van der Waals surface area contributed by atoms with Gasteiger partial charge in [0.15, 0.2) is 0 Å². The van der Waals surface area contributed by atoms with Gasteiger partial charge in [0, 0.05) is 0 Å². The van der Waals surface area contributed by atoms with Crippen LogP contribution in [0.25, 0.3) is 0 Å². The van der Waals surface area contributed by atoms with E-state index in [1.807, 2.05) is 0 Å². The number of hydrogen-bond acceptors (Lipinski definition) is 2. The number of rotatable bonds is 4. The third kappa shape index (κ3) is 3.81. The summed E-state index contributed by atoms with van der Waals surface area (Å²) in [6, 6.07) is 0. The molecule has 2 nitrogen and oxygen atoms in total. The van der Waals surface area contributed by atoms with Crippen molar-refractivity contribution in [1.29, 1.82) is 0 Å². The van der Waals surface area contributed by atoms with Gasteiger partial charge in [-0.3, -0.25) is 4.39 Å². The number of halogens is 1. The summed E-state index contributed by atoms with van der Waals surface area (Å²) in [5.41, 5.74) is 5.24. The molecule has 4 heteroatoms. The first-order chi connectivity index (χ1) is 6.26. The van der Waals surface area contributed by atoms with Crippen LogP contribution in [0.5, 0.6) is 0 Å². The molecule has 1 rings (SSSR count). The minimum absolute atomic E-state index is 0.